The van der Waals surface area contributed by atoms with Gasteiger partial charge in [0.05, 0.1) is 0 Å². The second-order valence-electron chi connectivity index (χ2n) is 6.20. The van der Waals surface area contributed by atoms with Crippen LogP contribution in [0.3, 0.4) is 0 Å². The first-order chi connectivity index (χ1) is 11.1. The van der Waals surface area contributed by atoms with Gasteiger partial charge in [0.15, 0.2) is 0 Å². The first-order valence-corrected chi connectivity index (χ1v) is 7.96. The predicted molar refractivity (Wildman–Crippen MR) is 93.2 cm³/mol. The minimum absolute atomic E-state index is 0.0149. The van der Waals surface area contributed by atoms with E-state index < -0.39 is 6.04 Å². The maximum atomic E-state index is 12.8. The molecule has 2 aromatic rings. The molecule has 0 aliphatic carbocycles. The van der Waals surface area contributed by atoms with Gasteiger partial charge in [0.2, 0.25) is 5.91 Å². The molecule has 23 heavy (non-hydrogen) atoms. The third kappa shape index (κ3) is 3.22. The minimum atomic E-state index is -0.605. The number of hydrogen-bond donors (Lipinski definition) is 1. The Morgan fingerprint density at radius 2 is 1.78 bits per heavy atom. The highest BCUT2D eigenvalue weighted by Crippen LogP contribution is 2.25. The Morgan fingerprint density at radius 3 is 2.52 bits per heavy atom. The van der Waals surface area contributed by atoms with Gasteiger partial charge in [0.25, 0.3) is 0 Å². The molecule has 1 aliphatic heterocycles. The molecular weight excluding hydrogens is 286 g/mol. The highest BCUT2D eigenvalue weighted by Gasteiger charge is 2.25. The number of rotatable bonds is 2. The Kier molecular flexibility index (Phi) is 4.35. The number of nitrogens with zero attached hydrogens (tertiary/aromatic N) is 2. The number of carbonyl (C=O) groups is 1. The zero-order chi connectivity index (χ0) is 16.4. The van der Waals surface area contributed by atoms with Crippen molar-refractivity contribution in [2.45, 2.75) is 19.5 Å². The summed E-state index contributed by atoms with van der Waals surface area (Å²) < 4.78 is 0. The van der Waals surface area contributed by atoms with Gasteiger partial charge in [-0.1, -0.05) is 48.0 Å². The van der Waals surface area contributed by atoms with Gasteiger partial charge in [0, 0.05) is 32.4 Å². The van der Waals surface area contributed by atoms with Crippen molar-refractivity contribution in [1.82, 2.24) is 4.90 Å². The summed E-state index contributed by atoms with van der Waals surface area (Å²) in [6.45, 7) is 4.13. The Hall–Kier alpha value is -2.33. The average molecular weight is 309 g/mol. The van der Waals surface area contributed by atoms with Crippen LogP contribution in [0.4, 0.5) is 5.69 Å². The molecule has 0 saturated carbocycles. The van der Waals surface area contributed by atoms with Gasteiger partial charge in [0.1, 0.15) is 6.04 Å². The molecule has 0 spiro atoms. The van der Waals surface area contributed by atoms with E-state index in [2.05, 4.69) is 24.1 Å². The topological polar surface area (TPSA) is 49.6 Å². The summed E-state index contributed by atoms with van der Waals surface area (Å²) in [6, 6.07) is 15.5. The van der Waals surface area contributed by atoms with Crippen LogP contribution in [0, 0.1) is 6.92 Å². The van der Waals surface area contributed by atoms with Gasteiger partial charge in [-0.15, -0.1) is 0 Å². The van der Waals surface area contributed by atoms with Crippen molar-refractivity contribution in [2.24, 2.45) is 5.73 Å². The first kappa shape index (κ1) is 15.6. The Labute approximate surface area is 137 Å². The van der Waals surface area contributed by atoms with Gasteiger partial charge in [-0.3, -0.25) is 4.79 Å². The Bertz CT molecular complexity index is 696. The van der Waals surface area contributed by atoms with Crippen LogP contribution in [-0.2, 0) is 11.3 Å². The van der Waals surface area contributed by atoms with Crippen LogP contribution in [0.2, 0.25) is 0 Å². The molecule has 0 fully saturated rings. The van der Waals surface area contributed by atoms with E-state index in [1.807, 2.05) is 48.2 Å². The molecule has 120 valence electrons. The molecule has 1 amide bonds. The lowest BCUT2D eigenvalue weighted by atomic mass is 10.0. The summed E-state index contributed by atoms with van der Waals surface area (Å²) in [5.74, 6) is -0.0149. The quantitative estimate of drug-likeness (QED) is 0.927. The van der Waals surface area contributed by atoms with E-state index in [9.17, 15) is 4.79 Å². The minimum Gasteiger partial charge on any atom is -0.373 e. The van der Waals surface area contributed by atoms with E-state index in [1.165, 1.54) is 11.3 Å². The fourth-order valence-electron chi connectivity index (χ4n) is 2.99. The molecule has 0 bridgehead atoms. The van der Waals surface area contributed by atoms with Crippen LogP contribution < -0.4 is 10.6 Å². The molecule has 4 heteroatoms. The summed E-state index contributed by atoms with van der Waals surface area (Å²) in [5.41, 5.74) is 10.6. The third-order valence-corrected chi connectivity index (χ3v) is 4.48. The van der Waals surface area contributed by atoms with E-state index in [4.69, 9.17) is 5.73 Å². The lowest BCUT2D eigenvalue weighted by Gasteiger charge is -2.24. The number of fused-ring (bicyclic) bond motifs is 1. The van der Waals surface area contributed by atoms with Crippen LogP contribution in [0.1, 0.15) is 22.7 Å². The molecule has 1 atom stereocenters. The normalized spacial score (nSPS) is 15.8. The molecule has 1 aliphatic rings. The summed E-state index contributed by atoms with van der Waals surface area (Å²) in [7, 11) is 2.06. The van der Waals surface area contributed by atoms with E-state index in [1.54, 1.807) is 0 Å². The van der Waals surface area contributed by atoms with E-state index >= 15 is 0 Å². The average Bonchev–Trinajstić information content (AvgIpc) is 2.74. The van der Waals surface area contributed by atoms with Crippen molar-refractivity contribution in [3.05, 3.63) is 65.2 Å². The maximum Gasteiger partial charge on any atom is 0.244 e. The van der Waals surface area contributed by atoms with Gasteiger partial charge >= 0.3 is 0 Å². The van der Waals surface area contributed by atoms with E-state index in [-0.39, 0.29) is 5.91 Å². The fraction of sp³-hybridized carbons (Fsp3) is 0.316. The second kappa shape index (κ2) is 6.42. The molecule has 2 aromatic carbocycles. The number of amides is 1. The number of likely N-dealkylation sites (N-methyl/N-ethyl adjacent to an activating group) is 1. The zero-order valence-corrected chi connectivity index (χ0v) is 13.7. The number of carbonyl (C=O) groups excluding carboxylic acids is 1. The predicted octanol–water partition coefficient (Wildman–Crippen LogP) is 2.47. The number of benzene rings is 2. The molecule has 3 rings (SSSR count). The standard InChI is InChI=1S/C19H23N3O/c1-14-7-9-15(10-8-14)18(20)19(23)22-12-11-21(2)17-6-4-3-5-16(17)13-22/h3-10,18H,11-13,20H2,1-2H3. The van der Waals surface area contributed by atoms with Crippen molar-refractivity contribution in [2.75, 3.05) is 25.0 Å². The first-order valence-electron chi connectivity index (χ1n) is 7.96. The van der Waals surface area contributed by atoms with Crippen LogP contribution in [0.15, 0.2) is 48.5 Å². The Balaban J connectivity index is 1.81. The van der Waals surface area contributed by atoms with Crippen LogP contribution >= 0.6 is 0 Å². The van der Waals surface area contributed by atoms with E-state index in [0.717, 1.165) is 17.7 Å². The number of aryl methyl sites for hydroxylation is 1. The summed E-state index contributed by atoms with van der Waals surface area (Å²) in [4.78, 5) is 16.9. The molecule has 1 unspecified atom stereocenters. The fourth-order valence-corrected chi connectivity index (χ4v) is 2.99. The smallest absolute Gasteiger partial charge is 0.244 e. The van der Waals surface area contributed by atoms with E-state index in [0.29, 0.717) is 13.1 Å². The van der Waals surface area contributed by atoms with Gasteiger partial charge < -0.3 is 15.5 Å². The lowest BCUT2D eigenvalue weighted by molar-refractivity contribution is -0.133. The van der Waals surface area contributed by atoms with Crippen molar-refractivity contribution < 1.29 is 4.79 Å². The monoisotopic (exact) mass is 309 g/mol. The molecule has 0 radical (unpaired) electrons. The maximum absolute atomic E-state index is 12.8. The number of para-hydroxylation sites is 1. The zero-order valence-electron chi connectivity index (χ0n) is 13.7. The van der Waals surface area contributed by atoms with Crippen LogP contribution in [-0.4, -0.2) is 30.9 Å². The summed E-state index contributed by atoms with van der Waals surface area (Å²) in [5, 5.41) is 0. The highest BCUT2D eigenvalue weighted by molar-refractivity contribution is 5.83. The number of anilines is 1. The number of hydrogen-bond acceptors (Lipinski definition) is 3. The molecule has 2 N–H and O–H groups in total. The molecule has 4 nitrogen and oxygen atoms in total. The number of nitrogens with two attached hydrogens (primary N) is 1. The van der Waals surface area contributed by atoms with Crippen molar-refractivity contribution in [1.29, 1.82) is 0 Å². The van der Waals surface area contributed by atoms with Crippen molar-refractivity contribution in [3.63, 3.8) is 0 Å². The molecule has 1 heterocycles. The summed E-state index contributed by atoms with van der Waals surface area (Å²) in [6.07, 6.45) is 0. The van der Waals surface area contributed by atoms with Gasteiger partial charge in [-0.05, 0) is 24.1 Å². The summed E-state index contributed by atoms with van der Waals surface area (Å²) >= 11 is 0. The van der Waals surface area contributed by atoms with Gasteiger partial charge in [-0.25, -0.2) is 0 Å². The highest BCUT2D eigenvalue weighted by atomic mass is 16.2. The second-order valence-corrected chi connectivity index (χ2v) is 6.20. The van der Waals surface area contributed by atoms with Crippen LogP contribution in [0.5, 0.6) is 0 Å². The SMILES string of the molecule is Cc1ccc(C(N)C(=O)N2CCN(C)c3ccccc3C2)cc1. The molecule has 0 saturated heterocycles. The lowest BCUT2D eigenvalue weighted by Crippen LogP contribution is -2.40. The molecular formula is C19H23N3O. The largest absolute Gasteiger partial charge is 0.373 e. The van der Waals surface area contributed by atoms with Crippen LogP contribution in [0.25, 0.3) is 0 Å². The van der Waals surface area contributed by atoms with Gasteiger partial charge in [-0.2, -0.15) is 0 Å². The van der Waals surface area contributed by atoms with Crippen molar-refractivity contribution in [3.8, 4) is 0 Å². The molecule has 0 aromatic heterocycles. The Morgan fingerprint density at radius 1 is 1.09 bits per heavy atom. The third-order valence-electron chi connectivity index (χ3n) is 4.48. The van der Waals surface area contributed by atoms with Crippen molar-refractivity contribution >= 4 is 11.6 Å².